The molecule has 0 nitrogen and oxygen atoms in total. The van der Waals surface area contributed by atoms with Crippen LogP contribution in [0.4, 0.5) is 0 Å². The maximum absolute atomic E-state index is 2.90. The van der Waals surface area contributed by atoms with E-state index in [1.54, 1.807) is 17.6 Å². The van der Waals surface area contributed by atoms with Crippen molar-refractivity contribution >= 4 is 3.21 Å². The predicted octanol–water partition coefficient (Wildman–Crippen LogP) is 6.53. The Bertz CT molecular complexity index is 1800. The van der Waals surface area contributed by atoms with E-state index in [9.17, 15) is 0 Å². The molecule has 4 aromatic carbocycles. The summed E-state index contributed by atoms with van der Waals surface area (Å²) in [6.45, 7) is 26.1. The number of fused-ring (bicyclic) bond motifs is 3. The van der Waals surface area contributed by atoms with Crippen LogP contribution in [0.1, 0.15) is 120 Å². The Labute approximate surface area is 317 Å². The Morgan fingerprint density at radius 1 is 0.571 bits per heavy atom. The van der Waals surface area contributed by atoms with Crippen LogP contribution in [0.5, 0.6) is 0 Å². The van der Waals surface area contributed by atoms with Crippen LogP contribution in [-0.2, 0) is 32.1 Å². The fourth-order valence-electron chi connectivity index (χ4n) is 8.00. The van der Waals surface area contributed by atoms with Gasteiger partial charge >= 0.3 is 295 Å². The van der Waals surface area contributed by atoms with Crippen molar-refractivity contribution in [3.05, 3.63) is 151 Å². The summed E-state index contributed by atoms with van der Waals surface area (Å²) in [5, 5.41) is 0. The minimum Gasteiger partial charge on any atom is -1.00 e. The maximum Gasteiger partial charge on any atom is -1.00 e. The van der Waals surface area contributed by atoms with Crippen molar-refractivity contribution in [2.45, 2.75) is 97.0 Å². The second-order valence-electron chi connectivity index (χ2n) is 16.9. The summed E-state index contributed by atoms with van der Waals surface area (Å²) in [7, 11) is 0. The monoisotopic (exact) mass is 766 g/mol. The van der Waals surface area contributed by atoms with Gasteiger partial charge in [-0.25, -0.2) is 0 Å². The number of hydrogen-bond acceptors (Lipinski definition) is 0. The number of benzene rings is 4. The number of halogens is 2. The second-order valence-corrected chi connectivity index (χ2v) is 22.9. The first-order valence-corrected chi connectivity index (χ1v) is 21.6. The SMILES string of the molecule is CCC1=[C]([Zr+2](=[C](c2ccc(C(C)(C)C)cc2)c2ccc(C(C)(C)C)cc2)[CH]2c3ccccc3-c3ccccc32)C(C)C=C1C(C)(C)C.[Cl-].[Cl-]. The zero-order valence-corrected chi connectivity index (χ0v) is 35.4. The van der Waals surface area contributed by atoms with Crippen LogP contribution < -0.4 is 24.8 Å². The summed E-state index contributed by atoms with van der Waals surface area (Å²) in [4.78, 5) is 0. The van der Waals surface area contributed by atoms with Gasteiger partial charge in [0, 0.05) is 0 Å². The molecule has 0 saturated heterocycles. The van der Waals surface area contributed by atoms with E-state index in [-0.39, 0.29) is 41.1 Å². The third-order valence-corrected chi connectivity index (χ3v) is 19.4. The van der Waals surface area contributed by atoms with Gasteiger partial charge in [-0.3, -0.25) is 0 Å². The average Bonchev–Trinajstić information content (AvgIpc) is 3.54. The summed E-state index contributed by atoms with van der Waals surface area (Å²) in [5.41, 5.74) is 15.1. The van der Waals surface area contributed by atoms with E-state index in [0.717, 1.165) is 6.42 Å². The molecule has 0 amide bonds. The van der Waals surface area contributed by atoms with Gasteiger partial charge in [-0.05, 0) is 0 Å². The molecule has 256 valence electrons. The van der Waals surface area contributed by atoms with Crippen molar-refractivity contribution in [2.75, 3.05) is 0 Å². The summed E-state index contributed by atoms with van der Waals surface area (Å²) in [6.07, 6.45) is 3.73. The van der Waals surface area contributed by atoms with Crippen LogP contribution in [0.3, 0.4) is 0 Å². The number of rotatable bonds is 5. The van der Waals surface area contributed by atoms with Crippen LogP contribution in [-0.4, -0.2) is 3.21 Å². The Hall–Kier alpha value is -2.31. The van der Waals surface area contributed by atoms with E-state index < -0.39 is 21.3 Å². The smallest absolute Gasteiger partial charge is 1.00 e. The van der Waals surface area contributed by atoms with Gasteiger partial charge in [0.05, 0.1) is 0 Å². The Kier molecular flexibility index (Phi) is 11.9. The van der Waals surface area contributed by atoms with Gasteiger partial charge in [0.15, 0.2) is 0 Å². The summed E-state index contributed by atoms with van der Waals surface area (Å²) in [5.74, 6) is 0.436. The van der Waals surface area contributed by atoms with Crippen LogP contribution in [0.2, 0.25) is 0 Å². The van der Waals surface area contributed by atoms with Crippen LogP contribution >= 0.6 is 0 Å². The van der Waals surface area contributed by atoms with Crippen LogP contribution in [0.25, 0.3) is 11.1 Å². The maximum atomic E-state index is 2.64. The first-order chi connectivity index (χ1) is 22.1. The van der Waals surface area contributed by atoms with Gasteiger partial charge in [0.2, 0.25) is 0 Å². The molecule has 0 saturated carbocycles. The molecular weight excluding hydrogens is 715 g/mol. The molecule has 0 aromatic heterocycles. The van der Waals surface area contributed by atoms with Crippen molar-refractivity contribution in [1.82, 2.24) is 0 Å². The quantitative estimate of drug-likeness (QED) is 0.217. The number of allylic oxidation sites excluding steroid dienone is 4. The summed E-state index contributed by atoms with van der Waals surface area (Å²) >= 11 is -2.90. The van der Waals surface area contributed by atoms with Crippen LogP contribution in [0.15, 0.2) is 118 Å². The van der Waals surface area contributed by atoms with Crippen LogP contribution in [0, 0.1) is 11.3 Å². The van der Waals surface area contributed by atoms with E-state index in [1.165, 1.54) is 44.5 Å². The molecule has 0 aliphatic heterocycles. The molecule has 0 heterocycles. The molecule has 1 atom stereocenters. The number of hydrogen-bond donors (Lipinski definition) is 0. The molecule has 0 bridgehead atoms. The van der Waals surface area contributed by atoms with Crippen molar-refractivity contribution in [3.8, 4) is 11.1 Å². The Balaban J connectivity index is 0.00000270. The van der Waals surface area contributed by atoms with Gasteiger partial charge in [0.25, 0.3) is 0 Å². The van der Waals surface area contributed by atoms with Crippen molar-refractivity contribution in [2.24, 2.45) is 11.3 Å². The Morgan fingerprint density at radius 3 is 1.35 bits per heavy atom. The predicted molar refractivity (Wildman–Crippen MR) is 201 cm³/mol. The Morgan fingerprint density at radius 2 is 0.980 bits per heavy atom. The molecule has 3 heteroatoms. The first-order valence-electron chi connectivity index (χ1n) is 17.7. The van der Waals surface area contributed by atoms with Crippen molar-refractivity contribution < 1.29 is 46.1 Å². The zero-order chi connectivity index (χ0) is 33.9. The zero-order valence-electron chi connectivity index (χ0n) is 31.4. The van der Waals surface area contributed by atoms with E-state index in [1.807, 2.05) is 0 Å². The molecule has 0 spiro atoms. The standard InChI is InChI=1S/C21H26.C13H9.C12H19.2ClH.Zr/c1-20(2,3)18-11-7-16(8-12-18)15-17-9-13-19(14-10-17)21(4,5)6;1-3-7-12-10(5-1)9-11-6-2-4-8-13(11)12;1-6-10-7-9(2)8-11(10)12(3,4)5;;;/h7-14H,1-6H3;1-9H;8-9H,6H2,1-5H3;2*1H;/q;;;;;+2/p-2. The molecule has 4 aromatic rings. The second kappa shape index (κ2) is 14.7. The van der Waals surface area contributed by atoms with E-state index in [0.29, 0.717) is 9.54 Å². The van der Waals surface area contributed by atoms with E-state index >= 15 is 0 Å². The molecule has 49 heavy (non-hydrogen) atoms. The van der Waals surface area contributed by atoms with E-state index in [2.05, 4.69) is 179 Å². The molecule has 0 fully saturated rings. The molecule has 2 aliphatic carbocycles. The van der Waals surface area contributed by atoms with Crippen molar-refractivity contribution in [1.29, 1.82) is 0 Å². The van der Waals surface area contributed by atoms with Gasteiger partial charge in [-0.2, -0.15) is 0 Å². The largest absolute Gasteiger partial charge is 1.00 e. The van der Waals surface area contributed by atoms with E-state index in [4.69, 9.17) is 0 Å². The molecule has 0 N–H and O–H groups in total. The van der Waals surface area contributed by atoms with Gasteiger partial charge in [-0.15, -0.1) is 0 Å². The van der Waals surface area contributed by atoms with Gasteiger partial charge in [0.1, 0.15) is 0 Å². The molecule has 1 unspecified atom stereocenters. The van der Waals surface area contributed by atoms with Crippen molar-refractivity contribution in [3.63, 3.8) is 0 Å². The first kappa shape index (κ1) is 39.5. The molecular formula is C46H54Cl2Zr. The third-order valence-electron chi connectivity index (χ3n) is 10.4. The molecule has 2 aliphatic rings. The van der Waals surface area contributed by atoms with Gasteiger partial charge in [-0.1, -0.05) is 0 Å². The third kappa shape index (κ3) is 7.52. The fourth-order valence-corrected chi connectivity index (χ4v) is 18.2. The van der Waals surface area contributed by atoms with Gasteiger partial charge < -0.3 is 24.8 Å². The summed E-state index contributed by atoms with van der Waals surface area (Å²) < 4.78 is 3.85. The topological polar surface area (TPSA) is 0 Å². The summed E-state index contributed by atoms with van der Waals surface area (Å²) in [6, 6.07) is 38.1. The molecule has 6 rings (SSSR count). The fraction of sp³-hybridized carbons (Fsp3) is 0.370. The average molecular weight is 769 g/mol. The molecule has 0 radical (unpaired) electrons. The minimum absolute atomic E-state index is 0. The minimum atomic E-state index is -2.90. The normalized spacial score (nSPS) is 15.8.